The second-order valence-electron chi connectivity index (χ2n) is 4.62. The molecular weight excluding hydrogens is 314 g/mol. The highest BCUT2D eigenvalue weighted by Gasteiger charge is 2.19. The van der Waals surface area contributed by atoms with Crippen LogP contribution in [0, 0.1) is 0 Å². The molecule has 8 heteroatoms. The molecule has 2 aromatic rings. The Kier molecular flexibility index (Phi) is 4.53. The number of imidazole rings is 1. The second-order valence-corrected chi connectivity index (χ2v) is 6.98. The van der Waals surface area contributed by atoms with Crippen LogP contribution in [0.4, 0.5) is 0 Å². The summed E-state index contributed by atoms with van der Waals surface area (Å²) in [6.45, 7) is 0.0758. The van der Waals surface area contributed by atoms with Crippen molar-refractivity contribution in [1.29, 1.82) is 0 Å². The predicted molar refractivity (Wildman–Crippen MR) is 81.3 cm³/mol. The summed E-state index contributed by atoms with van der Waals surface area (Å²) in [5.41, 5.74) is 0.991. The molecule has 21 heavy (non-hydrogen) atoms. The molecule has 0 aliphatic rings. The SMILES string of the molecule is CNC(=O)Cn1c(CCCl)nc2c(S(C)(=O)=O)cccc21. The number of hydrogen-bond acceptors (Lipinski definition) is 4. The standard InChI is InChI=1S/C13H16ClN3O3S/c1-15-12(18)8-17-9-4-3-5-10(21(2,19)20)13(9)16-11(17)6-7-14/h3-5H,6-8H2,1-2H3,(H,15,18). The first-order valence-corrected chi connectivity index (χ1v) is 8.75. The Labute approximate surface area is 128 Å². The summed E-state index contributed by atoms with van der Waals surface area (Å²) in [6, 6.07) is 4.91. The third-order valence-corrected chi connectivity index (χ3v) is 4.44. The highest BCUT2D eigenvalue weighted by Crippen LogP contribution is 2.24. The fourth-order valence-electron chi connectivity index (χ4n) is 2.14. The molecule has 0 saturated carbocycles. The maximum absolute atomic E-state index is 11.8. The number of nitrogens with zero attached hydrogens (tertiary/aromatic N) is 2. The molecule has 0 radical (unpaired) electrons. The highest BCUT2D eigenvalue weighted by atomic mass is 35.5. The third kappa shape index (κ3) is 3.19. The van der Waals surface area contributed by atoms with E-state index in [0.717, 1.165) is 6.26 Å². The molecule has 0 spiro atoms. The molecule has 1 aromatic heterocycles. The molecule has 114 valence electrons. The summed E-state index contributed by atoms with van der Waals surface area (Å²) in [5.74, 6) is 0.750. The summed E-state index contributed by atoms with van der Waals surface area (Å²) in [4.78, 5) is 16.2. The first kappa shape index (κ1) is 15.8. The topological polar surface area (TPSA) is 81.1 Å². The van der Waals surface area contributed by atoms with Crippen molar-refractivity contribution < 1.29 is 13.2 Å². The number of aromatic nitrogens is 2. The Bertz CT molecular complexity index is 783. The van der Waals surface area contributed by atoms with Crippen LogP contribution in [0.3, 0.4) is 0 Å². The van der Waals surface area contributed by atoms with Crippen LogP contribution in [-0.2, 0) is 27.6 Å². The van der Waals surface area contributed by atoms with Gasteiger partial charge in [-0.15, -0.1) is 11.6 Å². The van der Waals surface area contributed by atoms with Crippen molar-refractivity contribution in [2.24, 2.45) is 0 Å². The Morgan fingerprint density at radius 3 is 2.71 bits per heavy atom. The van der Waals surface area contributed by atoms with E-state index >= 15 is 0 Å². The zero-order chi connectivity index (χ0) is 15.6. The predicted octanol–water partition coefficient (Wildman–Crippen LogP) is 0.967. The van der Waals surface area contributed by atoms with Crippen LogP contribution in [-0.4, -0.2) is 43.1 Å². The van der Waals surface area contributed by atoms with E-state index in [9.17, 15) is 13.2 Å². The Morgan fingerprint density at radius 1 is 1.43 bits per heavy atom. The normalized spacial score (nSPS) is 11.8. The van der Waals surface area contributed by atoms with Gasteiger partial charge in [0.1, 0.15) is 17.9 Å². The average molecular weight is 330 g/mol. The lowest BCUT2D eigenvalue weighted by Gasteiger charge is -2.07. The number of fused-ring (bicyclic) bond motifs is 1. The molecule has 6 nitrogen and oxygen atoms in total. The minimum atomic E-state index is -3.39. The van der Waals surface area contributed by atoms with Crippen LogP contribution in [0.1, 0.15) is 5.82 Å². The number of hydrogen-bond donors (Lipinski definition) is 1. The van der Waals surface area contributed by atoms with E-state index in [-0.39, 0.29) is 17.3 Å². The monoisotopic (exact) mass is 329 g/mol. The van der Waals surface area contributed by atoms with E-state index in [2.05, 4.69) is 10.3 Å². The zero-order valence-corrected chi connectivity index (χ0v) is 13.3. The number of benzene rings is 1. The number of alkyl halides is 1. The van der Waals surface area contributed by atoms with Gasteiger partial charge >= 0.3 is 0 Å². The molecule has 0 atom stereocenters. The molecule has 0 aliphatic carbocycles. The lowest BCUT2D eigenvalue weighted by molar-refractivity contribution is -0.121. The van der Waals surface area contributed by atoms with E-state index in [1.54, 1.807) is 23.7 Å². The summed E-state index contributed by atoms with van der Waals surface area (Å²) < 4.78 is 25.4. The molecule has 1 heterocycles. The van der Waals surface area contributed by atoms with Crippen molar-refractivity contribution >= 4 is 38.4 Å². The number of halogens is 1. The van der Waals surface area contributed by atoms with Crippen LogP contribution < -0.4 is 5.32 Å². The summed E-state index contributed by atoms with van der Waals surface area (Å²) in [7, 11) is -1.84. The van der Waals surface area contributed by atoms with E-state index < -0.39 is 9.84 Å². The summed E-state index contributed by atoms with van der Waals surface area (Å²) in [6.07, 6.45) is 1.59. The molecule has 1 amide bonds. The van der Waals surface area contributed by atoms with Gasteiger partial charge < -0.3 is 9.88 Å². The lowest BCUT2D eigenvalue weighted by Crippen LogP contribution is -2.24. The summed E-state index contributed by atoms with van der Waals surface area (Å²) in [5, 5.41) is 2.54. The zero-order valence-electron chi connectivity index (χ0n) is 11.8. The molecule has 0 bridgehead atoms. The van der Waals surface area contributed by atoms with Gasteiger partial charge in [0.05, 0.1) is 10.4 Å². The second kappa shape index (κ2) is 6.03. The van der Waals surface area contributed by atoms with Crippen LogP contribution >= 0.6 is 11.6 Å². The number of nitrogens with one attached hydrogen (secondary N) is 1. The number of likely N-dealkylation sites (N-methyl/N-ethyl adjacent to an activating group) is 1. The number of sulfone groups is 1. The third-order valence-electron chi connectivity index (χ3n) is 3.12. The van der Waals surface area contributed by atoms with Gasteiger partial charge in [-0.3, -0.25) is 4.79 Å². The molecule has 0 unspecified atom stereocenters. The molecular formula is C13H16ClN3O3S. The molecule has 2 rings (SSSR count). The van der Waals surface area contributed by atoms with Crippen molar-refractivity contribution in [1.82, 2.24) is 14.9 Å². The van der Waals surface area contributed by atoms with Gasteiger partial charge in [-0.1, -0.05) is 6.07 Å². The number of para-hydroxylation sites is 1. The van der Waals surface area contributed by atoms with E-state index in [1.807, 2.05) is 0 Å². The molecule has 1 aromatic carbocycles. The number of rotatable bonds is 5. The first-order chi connectivity index (χ1) is 9.88. The van der Waals surface area contributed by atoms with Crippen molar-refractivity contribution in [2.75, 3.05) is 19.2 Å². The van der Waals surface area contributed by atoms with Crippen molar-refractivity contribution in [3.63, 3.8) is 0 Å². The van der Waals surface area contributed by atoms with Crippen molar-refractivity contribution in [3.05, 3.63) is 24.0 Å². The van der Waals surface area contributed by atoms with Crippen LogP contribution in [0.2, 0.25) is 0 Å². The Balaban J connectivity index is 2.70. The van der Waals surface area contributed by atoms with Gasteiger partial charge in [-0.25, -0.2) is 13.4 Å². The molecule has 0 fully saturated rings. The fourth-order valence-corrected chi connectivity index (χ4v) is 3.14. The summed E-state index contributed by atoms with van der Waals surface area (Å²) >= 11 is 5.76. The first-order valence-electron chi connectivity index (χ1n) is 6.33. The Morgan fingerprint density at radius 2 is 2.14 bits per heavy atom. The van der Waals surface area contributed by atoms with Gasteiger partial charge in [0, 0.05) is 25.6 Å². The van der Waals surface area contributed by atoms with Crippen LogP contribution in [0.5, 0.6) is 0 Å². The number of aryl methyl sites for hydroxylation is 1. The minimum Gasteiger partial charge on any atom is -0.358 e. The minimum absolute atomic E-state index is 0.0758. The van der Waals surface area contributed by atoms with Gasteiger partial charge in [0.25, 0.3) is 0 Å². The van der Waals surface area contributed by atoms with Gasteiger partial charge in [-0.05, 0) is 12.1 Å². The van der Waals surface area contributed by atoms with Crippen molar-refractivity contribution in [2.45, 2.75) is 17.9 Å². The lowest BCUT2D eigenvalue weighted by atomic mass is 10.3. The fraction of sp³-hybridized carbons (Fsp3) is 0.385. The number of amides is 1. The molecule has 1 N–H and O–H groups in total. The quantitative estimate of drug-likeness (QED) is 0.829. The van der Waals surface area contributed by atoms with Gasteiger partial charge in [0.15, 0.2) is 9.84 Å². The van der Waals surface area contributed by atoms with E-state index in [0.29, 0.717) is 29.2 Å². The van der Waals surface area contributed by atoms with Crippen LogP contribution in [0.25, 0.3) is 11.0 Å². The van der Waals surface area contributed by atoms with E-state index in [1.165, 1.54) is 6.07 Å². The maximum atomic E-state index is 11.8. The Hall–Kier alpha value is -1.60. The van der Waals surface area contributed by atoms with Crippen molar-refractivity contribution in [3.8, 4) is 0 Å². The largest absolute Gasteiger partial charge is 0.358 e. The number of carbonyl (C=O) groups is 1. The maximum Gasteiger partial charge on any atom is 0.239 e. The molecule has 0 aliphatic heterocycles. The average Bonchev–Trinajstić information content (AvgIpc) is 2.76. The molecule has 0 saturated heterocycles. The smallest absolute Gasteiger partial charge is 0.239 e. The van der Waals surface area contributed by atoms with E-state index in [4.69, 9.17) is 11.6 Å². The number of carbonyl (C=O) groups excluding carboxylic acids is 1. The van der Waals surface area contributed by atoms with Gasteiger partial charge in [-0.2, -0.15) is 0 Å². The van der Waals surface area contributed by atoms with Gasteiger partial charge in [0.2, 0.25) is 5.91 Å². The highest BCUT2D eigenvalue weighted by molar-refractivity contribution is 7.91. The van der Waals surface area contributed by atoms with Crippen LogP contribution in [0.15, 0.2) is 23.1 Å².